The molecule has 1 saturated carbocycles. The predicted molar refractivity (Wildman–Crippen MR) is 131 cm³/mol. The number of benzene rings is 1. The van der Waals surface area contributed by atoms with Crippen LogP contribution in [0, 0.1) is 5.92 Å². The Labute approximate surface area is 197 Å². The molecular formula is C25H38N2O3S2. The monoisotopic (exact) mass is 478 g/mol. The average molecular weight is 479 g/mol. The van der Waals surface area contributed by atoms with Gasteiger partial charge >= 0.3 is 0 Å². The van der Waals surface area contributed by atoms with Crippen LogP contribution >= 0.6 is 11.8 Å². The van der Waals surface area contributed by atoms with E-state index in [-0.39, 0.29) is 23.7 Å². The number of piperidine rings is 1. The SMILES string of the molecule is CS(=O)(=O)c1ccc(C2COC3CCC(NCC4CCCS4)(C4CCCCC4)NC32)cc1. The quantitative estimate of drug-likeness (QED) is 0.642. The van der Waals surface area contributed by atoms with Gasteiger partial charge in [0.05, 0.1) is 23.3 Å². The lowest BCUT2D eigenvalue weighted by molar-refractivity contribution is 0.00578. The van der Waals surface area contributed by atoms with Crippen LogP contribution in [-0.4, -0.2) is 56.6 Å². The van der Waals surface area contributed by atoms with Crippen molar-refractivity contribution in [3.63, 3.8) is 0 Å². The summed E-state index contributed by atoms with van der Waals surface area (Å²) in [7, 11) is -3.17. The van der Waals surface area contributed by atoms with Crippen molar-refractivity contribution in [2.75, 3.05) is 25.2 Å². The first kappa shape index (κ1) is 23.2. The van der Waals surface area contributed by atoms with Gasteiger partial charge in [-0.1, -0.05) is 31.4 Å². The minimum absolute atomic E-state index is 0.00336. The third kappa shape index (κ3) is 4.78. The molecule has 5 unspecified atom stereocenters. The fraction of sp³-hybridized carbons (Fsp3) is 0.760. The van der Waals surface area contributed by atoms with Gasteiger partial charge in [-0.15, -0.1) is 0 Å². The number of hydrogen-bond acceptors (Lipinski definition) is 6. The Kier molecular flexibility index (Phi) is 6.93. The number of sulfone groups is 1. The molecule has 5 nitrogen and oxygen atoms in total. The molecule has 1 aromatic carbocycles. The fourth-order valence-corrected chi connectivity index (χ4v) is 8.29. The molecule has 2 N–H and O–H groups in total. The number of rotatable bonds is 6. The normalized spacial score (nSPS) is 36.3. The van der Waals surface area contributed by atoms with E-state index in [1.807, 2.05) is 12.1 Å². The highest BCUT2D eigenvalue weighted by Crippen LogP contribution is 2.43. The van der Waals surface area contributed by atoms with Crippen LogP contribution in [0.15, 0.2) is 29.2 Å². The highest BCUT2D eigenvalue weighted by Gasteiger charge is 2.50. The van der Waals surface area contributed by atoms with Gasteiger partial charge in [-0.25, -0.2) is 8.42 Å². The van der Waals surface area contributed by atoms with Gasteiger partial charge < -0.3 is 4.74 Å². The standard InChI is InChI=1S/C25H38N2O3S2/c1-32(28,29)21-11-9-18(10-12-21)22-17-30-23-13-14-25(27-24(22)23,19-6-3-2-4-7-19)26-16-20-8-5-15-31-20/h9-12,19-20,22-24,26-27H,2-8,13-17H2,1H3. The largest absolute Gasteiger partial charge is 0.376 e. The summed E-state index contributed by atoms with van der Waals surface area (Å²) in [5, 5.41) is 8.99. The first-order valence-corrected chi connectivity index (χ1v) is 15.4. The summed E-state index contributed by atoms with van der Waals surface area (Å²) >= 11 is 2.13. The molecule has 32 heavy (non-hydrogen) atoms. The minimum Gasteiger partial charge on any atom is -0.376 e. The molecule has 1 aliphatic carbocycles. The van der Waals surface area contributed by atoms with Crippen LogP contribution in [0.25, 0.3) is 0 Å². The molecule has 3 saturated heterocycles. The number of thioether (sulfide) groups is 1. The van der Waals surface area contributed by atoms with E-state index in [2.05, 4.69) is 22.4 Å². The Balaban J connectivity index is 1.36. The third-order valence-electron chi connectivity index (χ3n) is 8.28. The molecule has 178 valence electrons. The highest BCUT2D eigenvalue weighted by molar-refractivity contribution is 8.00. The Bertz CT molecular complexity index is 879. The van der Waals surface area contributed by atoms with Crippen molar-refractivity contribution < 1.29 is 13.2 Å². The van der Waals surface area contributed by atoms with E-state index in [0.717, 1.165) is 24.6 Å². The van der Waals surface area contributed by atoms with Crippen molar-refractivity contribution in [2.45, 2.75) is 91.7 Å². The second-order valence-electron chi connectivity index (χ2n) is 10.4. The summed E-state index contributed by atoms with van der Waals surface area (Å²) in [6.45, 7) is 1.81. The molecule has 5 atom stereocenters. The van der Waals surface area contributed by atoms with Gasteiger partial charge in [-0.2, -0.15) is 11.8 Å². The molecule has 0 amide bonds. The molecule has 0 radical (unpaired) electrons. The van der Waals surface area contributed by atoms with Crippen LogP contribution in [0.1, 0.15) is 69.3 Å². The van der Waals surface area contributed by atoms with Crippen molar-refractivity contribution in [3.05, 3.63) is 29.8 Å². The third-order valence-corrected chi connectivity index (χ3v) is 10.8. The average Bonchev–Trinajstić information content (AvgIpc) is 3.47. The van der Waals surface area contributed by atoms with Gasteiger partial charge in [0, 0.05) is 30.0 Å². The minimum atomic E-state index is -3.17. The smallest absolute Gasteiger partial charge is 0.175 e. The van der Waals surface area contributed by atoms with Gasteiger partial charge in [0.15, 0.2) is 9.84 Å². The molecule has 1 aromatic rings. The molecule has 5 rings (SSSR count). The van der Waals surface area contributed by atoms with Crippen LogP contribution < -0.4 is 10.6 Å². The number of ether oxygens (including phenoxy) is 1. The van der Waals surface area contributed by atoms with Crippen molar-refractivity contribution in [1.29, 1.82) is 0 Å². The lowest BCUT2D eigenvalue weighted by atomic mass is 9.73. The lowest BCUT2D eigenvalue weighted by Crippen LogP contribution is -2.69. The zero-order valence-electron chi connectivity index (χ0n) is 19.2. The molecule has 7 heteroatoms. The molecule has 3 heterocycles. The van der Waals surface area contributed by atoms with Crippen molar-refractivity contribution >= 4 is 21.6 Å². The summed E-state index contributed by atoms with van der Waals surface area (Å²) in [5.74, 6) is 2.25. The Hall–Kier alpha value is -0.600. The van der Waals surface area contributed by atoms with E-state index >= 15 is 0 Å². The zero-order valence-corrected chi connectivity index (χ0v) is 20.9. The van der Waals surface area contributed by atoms with Crippen molar-refractivity contribution in [1.82, 2.24) is 10.6 Å². The molecule has 3 aliphatic heterocycles. The van der Waals surface area contributed by atoms with Crippen LogP contribution in [0.3, 0.4) is 0 Å². The summed E-state index contributed by atoms with van der Waals surface area (Å²) in [6, 6.07) is 7.77. The van der Waals surface area contributed by atoms with E-state index < -0.39 is 9.84 Å². The van der Waals surface area contributed by atoms with Gasteiger partial charge in [-0.05, 0) is 67.9 Å². The van der Waals surface area contributed by atoms with E-state index in [1.165, 1.54) is 62.5 Å². The van der Waals surface area contributed by atoms with E-state index in [0.29, 0.717) is 17.4 Å². The molecule has 0 bridgehead atoms. The van der Waals surface area contributed by atoms with Gasteiger partial charge in [0.1, 0.15) is 0 Å². The van der Waals surface area contributed by atoms with E-state index in [9.17, 15) is 8.42 Å². The number of hydrogen-bond donors (Lipinski definition) is 2. The van der Waals surface area contributed by atoms with Gasteiger partial charge in [0.2, 0.25) is 0 Å². The van der Waals surface area contributed by atoms with Gasteiger partial charge in [-0.3, -0.25) is 10.6 Å². The summed E-state index contributed by atoms with van der Waals surface area (Å²) in [5.41, 5.74) is 1.19. The highest BCUT2D eigenvalue weighted by atomic mass is 32.2. The fourth-order valence-electron chi connectivity index (χ4n) is 6.46. The Morgan fingerprint density at radius 1 is 1.09 bits per heavy atom. The first-order chi connectivity index (χ1) is 15.4. The van der Waals surface area contributed by atoms with Crippen LogP contribution in [0.2, 0.25) is 0 Å². The molecule has 0 aromatic heterocycles. The zero-order chi connectivity index (χ0) is 22.2. The van der Waals surface area contributed by atoms with E-state index in [1.54, 1.807) is 12.1 Å². The molecular weight excluding hydrogens is 440 g/mol. The number of fused-ring (bicyclic) bond motifs is 1. The maximum Gasteiger partial charge on any atom is 0.175 e. The molecule has 4 fully saturated rings. The summed E-state index contributed by atoms with van der Waals surface area (Å²) < 4.78 is 30.0. The summed E-state index contributed by atoms with van der Waals surface area (Å²) in [4.78, 5) is 0.389. The predicted octanol–water partition coefficient (Wildman–Crippen LogP) is 4.09. The Morgan fingerprint density at radius 3 is 2.56 bits per heavy atom. The molecule has 4 aliphatic rings. The van der Waals surface area contributed by atoms with Crippen LogP contribution in [0.5, 0.6) is 0 Å². The topological polar surface area (TPSA) is 67.4 Å². The second kappa shape index (κ2) is 9.57. The van der Waals surface area contributed by atoms with Crippen LogP contribution in [0.4, 0.5) is 0 Å². The van der Waals surface area contributed by atoms with Crippen LogP contribution in [-0.2, 0) is 14.6 Å². The maximum absolute atomic E-state index is 11.9. The molecule has 0 spiro atoms. The second-order valence-corrected chi connectivity index (χ2v) is 13.8. The maximum atomic E-state index is 11.9. The van der Waals surface area contributed by atoms with Crippen molar-refractivity contribution in [3.8, 4) is 0 Å². The first-order valence-electron chi connectivity index (χ1n) is 12.5. The Morgan fingerprint density at radius 2 is 1.88 bits per heavy atom. The van der Waals surface area contributed by atoms with Gasteiger partial charge in [0.25, 0.3) is 0 Å². The van der Waals surface area contributed by atoms with E-state index in [4.69, 9.17) is 4.74 Å². The number of nitrogens with one attached hydrogen (secondary N) is 2. The van der Waals surface area contributed by atoms with Crippen molar-refractivity contribution in [2.24, 2.45) is 5.92 Å². The summed E-state index contributed by atoms with van der Waals surface area (Å²) in [6.07, 6.45) is 13.1. The lowest BCUT2D eigenvalue weighted by Gasteiger charge is -2.51.